The van der Waals surface area contributed by atoms with Gasteiger partial charge in [-0.25, -0.2) is 0 Å². The van der Waals surface area contributed by atoms with Crippen molar-refractivity contribution in [3.8, 4) is 11.5 Å². The molecule has 4 aliphatic rings. The van der Waals surface area contributed by atoms with Gasteiger partial charge in [-0.3, -0.25) is 0 Å². The molecule has 1 N–H and O–H groups in total. The Balaban J connectivity index is 1.61. The summed E-state index contributed by atoms with van der Waals surface area (Å²) < 4.78 is 6.71. The number of benzene rings is 1. The van der Waals surface area contributed by atoms with E-state index in [1.54, 1.807) is 0 Å². The van der Waals surface area contributed by atoms with Crippen molar-refractivity contribution < 1.29 is 9.84 Å². The highest BCUT2D eigenvalue weighted by molar-refractivity contribution is 8.20. The van der Waals surface area contributed by atoms with Gasteiger partial charge in [0, 0.05) is 28.9 Å². The normalized spacial score (nSPS) is 31.0. The van der Waals surface area contributed by atoms with Gasteiger partial charge < -0.3 is 9.84 Å². The maximum Gasteiger partial charge on any atom is 0.127 e. The number of rotatable bonds is 2. The van der Waals surface area contributed by atoms with Crippen molar-refractivity contribution in [3.05, 3.63) is 34.9 Å². The van der Waals surface area contributed by atoms with Gasteiger partial charge in [0.25, 0.3) is 0 Å². The Morgan fingerprint density at radius 2 is 1.82 bits per heavy atom. The third-order valence-electron chi connectivity index (χ3n) is 7.52. The Labute approximate surface area is 177 Å². The maximum atomic E-state index is 11.2. The van der Waals surface area contributed by atoms with E-state index >= 15 is 0 Å². The highest BCUT2D eigenvalue weighted by Crippen LogP contribution is 2.63. The second-order valence-electron chi connectivity index (χ2n) is 9.66. The monoisotopic (exact) mass is 416 g/mol. The fraction of sp³-hybridized carbons (Fsp3) is 0.667. The third kappa shape index (κ3) is 2.93. The van der Waals surface area contributed by atoms with Crippen LogP contribution in [0.4, 0.5) is 0 Å². The number of hydrogen-bond acceptors (Lipinski definition) is 4. The lowest BCUT2D eigenvalue weighted by atomic mass is 9.67. The Hall–Kier alpha value is -0.740. The first-order chi connectivity index (χ1) is 13.4. The first-order valence-corrected chi connectivity index (χ1v) is 12.9. The van der Waals surface area contributed by atoms with Crippen LogP contribution in [0.3, 0.4) is 0 Å². The number of thioether (sulfide) groups is 2. The number of hydrogen-bond donors (Lipinski definition) is 1. The molecule has 5 rings (SSSR count). The minimum Gasteiger partial charge on any atom is -0.508 e. The van der Waals surface area contributed by atoms with Gasteiger partial charge in [0.2, 0.25) is 0 Å². The molecule has 2 heterocycles. The molecular formula is C24H32O2S2. The summed E-state index contributed by atoms with van der Waals surface area (Å²) in [7, 11) is 0. The predicted octanol–water partition coefficient (Wildman–Crippen LogP) is 6.83. The van der Waals surface area contributed by atoms with E-state index in [4.69, 9.17) is 4.74 Å². The van der Waals surface area contributed by atoms with Crippen molar-refractivity contribution in [1.82, 2.24) is 0 Å². The molecule has 0 aromatic heterocycles. The lowest BCUT2D eigenvalue weighted by molar-refractivity contribution is 0.00749. The van der Waals surface area contributed by atoms with Crippen molar-refractivity contribution >= 4 is 23.5 Å². The first-order valence-electron chi connectivity index (χ1n) is 10.9. The van der Waals surface area contributed by atoms with Crippen molar-refractivity contribution in [2.75, 3.05) is 11.5 Å². The summed E-state index contributed by atoms with van der Waals surface area (Å²) in [6.07, 6.45) is 9.78. The molecule has 1 aromatic rings. The molecule has 2 atom stereocenters. The third-order valence-corrected chi connectivity index (χ3v) is 11.3. The van der Waals surface area contributed by atoms with Crippen LogP contribution in [0.25, 0.3) is 0 Å². The molecule has 0 bridgehead atoms. The molecule has 0 spiro atoms. The van der Waals surface area contributed by atoms with Crippen LogP contribution in [-0.2, 0) is 4.08 Å². The van der Waals surface area contributed by atoms with Gasteiger partial charge in [0.15, 0.2) is 0 Å². The summed E-state index contributed by atoms with van der Waals surface area (Å²) >= 11 is 4.22. The van der Waals surface area contributed by atoms with E-state index in [1.807, 2.05) is 0 Å². The zero-order valence-corrected chi connectivity index (χ0v) is 18.9. The van der Waals surface area contributed by atoms with Crippen molar-refractivity contribution in [3.63, 3.8) is 0 Å². The van der Waals surface area contributed by atoms with Gasteiger partial charge in [-0.15, -0.1) is 23.5 Å². The molecule has 2 unspecified atom stereocenters. The summed E-state index contributed by atoms with van der Waals surface area (Å²) in [5.74, 6) is 5.34. The molecular weight excluding hydrogens is 384 g/mol. The van der Waals surface area contributed by atoms with Crippen LogP contribution in [0.1, 0.15) is 76.3 Å². The zero-order chi connectivity index (χ0) is 19.5. The summed E-state index contributed by atoms with van der Waals surface area (Å²) in [5, 5.41) is 11.2. The molecule has 28 heavy (non-hydrogen) atoms. The van der Waals surface area contributed by atoms with Crippen LogP contribution < -0.4 is 4.74 Å². The van der Waals surface area contributed by atoms with Crippen molar-refractivity contribution in [2.24, 2.45) is 11.8 Å². The summed E-state index contributed by atoms with van der Waals surface area (Å²) in [5.41, 5.74) is 3.60. The van der Waals surface area contributed by atoms with E-state index in [0.29, 0.717) is 23.5 Å². The summed E-state index contributed by atoms with van der Waals surface area (Å²) in [6.45, 7) is 6.69. The summed E-state index contributed by atoms with van der Waals surface area (Å²) in [6, 6.07) is 4.42. The Bertz CT molecular complexity index is 801. The van der Waals surface area contributed by atoms with Gasteiger partial charge in [-0.1, -0.05) is 24.5 Å². The molecule has 1 saturated carbocycles. The molecule has 152 valence electrons. The van der Waals surface area contributed by atoms with Crippen molar-refractivity contribution in [1.29, 1.82) is 0 Å². The quantitative estimate of drug-likeness (QED) is 0.535. The second-order valence-corrected chi connectivity index (χ2v) is 12.6. The average molecular weight is 417 g/mol. The fourth-order valence-corrected chi connectivity index (χ4v) is 9.76. The highest BCUT2D eigenvalue weighted by atomic mass is 32.2. The number of allylic oxidation sites excluding steroid dienone is 2. The molecule has 2 aliphatic carbocycles. The molecule has 1 aromatic carbocycles. The molecule has 0 radical (unpaired) electrons. The lowest BCUT2D eigenvalue weighted by Gasteiger charge is -2.47. The van der Waals surface area contributed by atoms with Gasteiger partial charge in [0.1, 0.15) is 17.1 Å². The van der Waals surface area contributed by atoms with Gasteiger partial charge in [0.05, 0.1) is 4.08 Å². The highest BCUT2D eigenvalue weighted by Gasteiger charge is 2.49. The Morgan fingerprint density at radius 1 is 1.11 bits per heavy atom. The van der Waals surface area contributed by atoms with Crippen LogP contribution in [-0.4, -0.2) is 22.2 Å². The van der Waals surface area contributed by atoms with Crippen LogP contribution in [0.5, 0.6) is 11.5 Å². The zero-order valence-electron chi connectivity index (χ0n) is 17.3. The molecule has 4 heteroatoms. The smallest absolute Gasteiger partial charge is 0.127 e. The maximum absolute atomic E-state index is 11.2. The SMILES string of the molecule is CC1=CCC2C(C1)c1c(O)cc(C3(C4CCCC4)SCCS3)cc1OC2(C)C. The standard InChI is InChI=1S/C24H32O2S2/c1-15-8-9-19-18(12-15)22-20(25)13-17(14-21(22)26-23(19,2)3)24(27-10-11-28-24)16-6-4-5-7-16/h8,13-14,16,18-19,25H,4-7,9-12H2,1-3H3. The van der Waals surface area contributed by atoms with E-state index in [2.05, 4.69) is 62.5 Å². The number of phenols is 1. The summed E-state index contributed by atoms with van der Waals surface area (Å²) in [4.78, 5) is 0. The van der Waals surface area contributed by atoms with Crippen molar-refractivity contribution in [2.45, 2.75) is 74.9 Å². The number of ether oxygens (including phenoxy) is 1. The van der Waals surface area contributed by atoms with E-state index in [9.17, 15) is 5.11 Å². The van der Waals surface area contributed by atoms with Gasteiger partial charge in [-0.05, 0) is 70.1 Å². The Kier molecular flexibility index (Phi) is 4.74. The topological polar surface area (TPSA) is 29.5 Å². The minimum absolute atomic E-state index is 0.107. The minimum atomic E-state index is -0.198. The molecule has 1 saturated heterocycles. The van der Waals surface area contributed by atoms with Gasteiger partial charge >= 0.3 is 0 Å². The van der Waals surface area contributed by atoms with Crippen LogP contribution in [0, 0.1) is 11.8 Å². The molecule has 2 fully saturated rings. The van der Waals surface area contributed by atoms with Crippen LogP contribution in [0.15, 0.2) is 23.8 Å². The predicted molar refractivity (Wildman–Crippen MR) is 121 cm³/mol. The van der Waals surface area contributed by atoms with Gasteiger partial charge in [-0.2, -0.15) is 0 Å². The number of aromatic hydroxyl groups is 1. The number of phenolic OH excluding ortho intramolecular Hbond substituents is 1. The average Bonchev–Trinajstić information content (AvgIpc) is 3.33. The van der Waals surface area contributed by atoms with E-state index in [0.717, 1.165) is 24.2 Å². The second kappa shape index (κ2) is 6.91. The van der Waals surface area contributed by atoms with Crippen LogP contribution >= 0.6 is 23.5 Å². The molecule has 2 nitrogen and oxygen atoms in total. The molecule has 2 aliphatic heterocycles. The lowest BCUT2D eigenvalue weighted by Crippen LogP contribution is -2.45. The van der Waals surface area contributed by atoms with Crippen LogP contribution in [0.2, 0.25) is 0 Å². The largest absolute Gasteiger partial charge is 0.508 e. The number of fused-ring (bicyclic) bond motifs is 3. The molecule has 0 amide bonds. The van der Waals surface area contributed by atoms with E-state index in [1.165, 1.54) is 48.3 Å². The van der Waals surface area contributed by atoms with E-state index in [-0.39, 0.29) is 9.68 Å². The van der Waals surface area contributed by atoms with E-state index < -0.39 is 0 Å². The Morgan fingerprint density at radius 3 is 2.54 bits per heavy atom. The first kappa shape index (κ1) is 19.2. The fourth-order valence-electron chi connectivity index (χ4n) is 6.14.